The van der Waals surface area contributed by atoms with Gasteiger partial charge in [-0.05, 0) is 57.2 Å². The summed E-state index contributed by atoms with van der Waals surface area (Å²) in [4.78, 5) is 24.6. The topological polar surface area (TPSA) is 66.8 Å². The van der Waals surface area contributed by atoms with Crippen LogP contribution in [0.5, 0.6) is 5.75 Å². The summed E-state index contributed by atoms with van der Waals surface area (Å²) in [6, 6.07) is 2.63. The summed E-state index contributed by atoms with van der Waals surface area (Å²) in [6.45, 7) is 6.72. The number of amides is 1. The average molecular weight is 349 g/mol. The van der Waals surface area contributed by atoms with Crippen LogP contribution in [0.1, 0.15) is 49.5 Å². The molecule has 1 saturated heterocycles. The standard InChI is InChI=1S/C19H24FNO4/c1-19(2,3)25-18(24)21-8-6-13(7-9-21)4-5-14-10-15(12-22)17(23)16(20)11-14/h4-5,10-13,23H,6-9H2,1-3H3/b5-4+. The van der Waals surface area contributed by atoms with Gasteiger partial charge in [0, 0.05) is 13.1 Å². The third kappa shape index (κ3) is 5.31. The van der Waals surface area contributed by atoms with Gasteiger partial charge in [-0.2, -0.15) is 0 Å². The van der Waals surface area contributed by atoms with E-state index >= 15 is 0 Å². The second-order valence-electron chi connectivity index (χ2n) is 7.22. The molecule has 0 aliphatic carbocycles. The smallest absolute Gasteiger partial charge is 0.410 e. The van der Waals surface area contributed by atoms with E-state index in [1.807, 2.05) is 26.8 Å². The van der Waals surface area contributed by atoms with Crippen molar-refractivity contribution in [3.05, 3.63) is 35.2 Å². The van der Waals surface area contributed by atoms with E-state index in [0.29, 0.717) is 24.9 Å². The van der Waals surface area contributed by atoms with Crippen molar-refractivity contribution in [3.8, 4) is 5.75 Å². The molecule has 1 fully saturated rings. The molecule has 0 atom stereocenters. The zero-order valence-electron chi connectivity index (χ0n) is 14.8. The Morgan fingerprint density at radius 1 is 1.32 bits per heavy atom. The summed E-state index contributed by atoms with van der Waals surface area (Å²) in [5, 5.41) is 9.42. The van der Waals surface area contributed by atoms with Crippen LogP contribution < -0.4 is 0 Å². The molecule has 0 bridgehead atoms. The first kappa shape index (κ1) is 19.0. The first-order valence-corrected chi connectivity index (χ1v) is 8.33. The highest BCUT2D eigenvalue weighted by Crippen LogP contribution is 2.25. The van der Waals surface area contributed by atoms with Crippen LogP contribution in [0.15, 0.2) is 18.2 Å². The quantitative estimate of drug-likeness (QED) is 0.838. The fourth-order valence-corrected chi connectivity index (χ4v) is 2.68. The predicted octanol–water partition coefficient (Wildman–Crippen LogP) is 4.00. The number of likely N-dealkylation sites (tertiary alicyclic amines) is 1. The second kappa shape index (κ2) is 7.68. The minimum Gasteiger partial charge on any atom is -0.504 e. The molecule has 2 rings (SSSR count). The number of aldehydes is 1. The van der Waals surface area contributed by atoms with Crippen LogP contribution in [0, 0.1) is 11.7 Å². The SMILES string of the molecule is CC(C)(C)OC(=O)N1CCC(/C=C/c2cc(F)c(O)c(C=O)c2)CC1. The van der Waals surface area contributed by atoms with Crippen LogP contribution in [-0.2, 0) is 4.74 Å². The number of phenolic OH excluding ortho intramolecular Hbond substituents is 1. The molecular weight excluding hydrogens is 325 g/mol. The number of rotatable bonds is 3. The molecule has 1 aromatic rings. The van der Waals surface area contributed by atoms with Gasteiger partial charge in [0.2, 0.25) is 0 Å². The summed E-state index contributed by atoms with van der Waals surface area (Å²) in [7, 11) is 0. The molecule has 136 valence electrons. The van der Waals surface area contributed by atoms with Gasteiger partial charge in [-0.3, -0.25) is 4.79 Å². The van der Waals surface area contributed by atoms with Gasteiger partial charge < -0.3 is 14.7 Å². The minimum absolute atomic E-state index is 0.0700. The maximum absolute atomic E-state index is 13.6. The average Bonchev–Trinajstić information content (AvgIpc) is 2.54. The van der Waals surface area contributed by atoms with Crippen LogP contribution in [0.25, 0.3) is 6.08 Å². The highest BCUT2D eigenvalue weighted by Gasteiger charge is 2.25. The van der Waals surface area contributed by atoms with E-state index in [1.54, 1.807) is 11.0 Å². The number of phenols is 1. The Balaban J connectivity index is 1.94. The molecule has 6 heteroatoms. The van der Waals surface area contributed by atoms with Crippen molar-refractivity contribution in [2.24, 2.45) is 5.92 Å². The zero-order chi connectivity index (χ0) is 18.6. The summed E-state index contributed by atoms with van der Waals surface area (Å²) in [6.07, 6.45) is 5.39. The Labute approximate surface area is 147 Å². The van der Waals surface area contributed by atoms with Gasteiger partial charge in [-0.1, -0.05) is 12.2 Å². The van der Waals surface area contributed by atoms with E-state index in [-0.39, 0.29) is 17.6 Å². The normalized spacial score (nSPS) is 16.2. The maximum Gasteiger partial charge on any atom is 0.410 e. The number of nitrogens with zero attached hydrogens (tertiary/aromatic N) is 1. The molecule has 0 saturated carbocycles. The van der Waals surface area contributed by atoms with E-state index in [1.165, 1.54) is 12.1 Å². The molecule has 0 spiro atoms. The number of benzene rings is 1. The first-order chi connectivity index (χ1) is 11.7. The molecule has 0 aromatic heterocycles. The van der Waals surface area contributed by atoms with Crippen molar-refractivity contribution in [1.82, 2.24) is 4.90 Å². The van der Waals surface area contributed by atoms with Crippen molar-refractivity contribution >= 4 is 18.5 Å². The van der Waals surface area contributed by atoms with Gasteiger partial charge >= 0.3 is 6.09 Å². The molecule has 25 heavy (non-hydrogen) atoms. The summed E-state index contributed by atoms with van der Waals surface area (Å²) in [5.41, 5.74) is -0.0565. The van der Waals surface area contributed by atoms with E-state index in [0.717, 1.165) is 12.8 Å². The van der Waals surface area contributed by atoms with Crippen LogP contribution in [0.3, 0.4) is 0 Å². The first-order valence-electron chi connectivity index (χ1n) is 8.33. The van der Waals surface area contributed by atoms with Crippen molar-refractivity contribution < 1.29 is 23.8 Å². The number of halogens is 1. The van der Waals surface area contributed by atoms with Gasteiger partial charge in [-0.25, -0.2) is 9.18 Å². The molecule has 1 amide bonds. The summed E-state index contributed by atoms with van der Waals surface area (Å²) < 4.78 is 18.9. The molecular formula is C19H24FNO4. The number of hydrogen-bond donors (Lipinski definition) is 1. The summed E-state index contributed by atoms with van der Waals surface area (Å²) >= 11 is 0. The molecule has 1 aliphatic heterocycles. The van der Waals surface area contributed by atoms with Gasteiger partial charge in [0.25, 0.3) is 0 Å². The van der Waals surface area contributed by atoms with Gasteiger partial charge in [0.15, 0.2) is 17.9 Å². The van der Waals surface area contributed by atoms with Crippen LogP contribution in [-0.4, -0.2) is 41.1 Å². The third-order valence-electron chi connectivity index (χ3n) is 3.99. The zero-order valence-corrected chi connectivity index (χ0v) is 14.8. The second-order valence-corrected chi connectivity index (χ2v) is 7.22. The van der Waals surface area contributed by atoms with Crippen molar-refractivity contribution in [2.75, 3.05) is 13.1 Å². The van der Waals surface area contributed by atoms with Crippen molar-refractivity contribution in [1.29, 1.82) is 0 Å². The Kier molecular flexibility index (Phi) is 5.82. The van der Waals surface area contributed by atoms with Gasteiger partial charge in [0.05, 0.1) is 5.56 Å². The highest BCUT2D eigenvalue weighted by molar-refractivity contribution is 5.80. The molecule has 1 N–H and O–H groups in total. The molecule has 1 aliphatic rings. The summed E-state index contributed by atoms with van der Waals surface area (Å²) in [5.74, 6) is -1.18. The van der Waals surface area contributed by atoms with E-state index < -0.39 is 17.2 Å². The van der Waals surface area contributed by atoms with Crippen LogP contribution in [0.2, 0.25) is 0 Å². The number of carbonyl (C=O) groups is 2. The monoisotopic (exact) mass is 349 g/mol. The fraction of sp³-hybridized carbons (Fsp3) is 0.474. The number of allylic oxidation sites excluding steroid dienone is 1. The Bertz CT molecular complexity index is 671. The number of aromatic hydroxyl groups is 1. The molecule has 5 nitrogen and oxygen atoms in total. The number of hydrogen-bond acceptors (Lipinski definition) is 4. The van der Waals surface area contributed by atoms with Crippen LogP contribution >= 0.6 is 0 Å². The lowest BCUT2D eigenvalue weighted by Gasteiger charge is -2.32. The minimum atomic E-state index is -0.816. The van der Waals surface area contributed by atoms with Gasteiger partial charge in [-0.15, -0.1) is 0 Å². The lowest BCUT2D eigenvalue weighted by atomic mass is 9.95. The van der Waals surface area contributed by atoms with Gasteiger partial charge in [0.1, 0.15) is 5.60 Å². The van der Waals surface area contributed by atoms with E-state index in [2.05, 4.69) is 0 Å². The molecule has 1 aromatic carbocycles. The fourth-order valence-electron chi connectivity index (χ4n) is 2.68. The Morgan fingerprint density at radius 2 is 1.96 bits per heavy atom. The number of ether oxygens (including phenoxy) is 1. The highest BCUT2D eigenvalue weighted by atomic mass is 19.1. The predicted molar refractivity (Wildman–Crippen MR) is 93.0 cm³/mol. The maximum atomic E-state index is 13.6. The van der Waals surface area contributed by atoms with E-state index in [4.69, 9.17) is 4.74 Å². The largest absolute Gasteiger partial charge is 0.504 e. The molecule has 1 heterocycles. The Hall–Kier alpha value is -2.37. The lowest BCUT2D eigenvalue weighted by Crippen LogP contribution is -2.41. The number of carbonyl (C=O) groups excluding carboxylic acids is 2. The molecule has 0 radical (unpaired) electrons. The Morgan fingerprint density at radius 3 is 2.52 bits per heavy atom. The van der Waals surface area contributed by atoms with Crippen molar-refractivity contribution in [3.63, 3.8) is 0 Å². The third-order valence-corrected chi connectivity index (χ3v) is 3.99. The number of piperidine rings is 1. The van der Waals surface area contributed by atoms with E-state index in [9.17, 15) is 19.1 Å². The van der Waals surface area contributed by atoms with Crippen LogP contribution in [0.4, 0.5) is 9.18 Å². The van der Waals surface area contributed by atoms with Crippen molar-refractivity contribution in [2.45, 2.75) is 39.2 Å². The molecule has 0 unspecified atom stereocenters. The lowest BCUT2D eigenvalue weighted by molar-refractivity contribution is 0.0197.